The number of amides is 1. The molecular formula is C28H28F2N4O2S. The summed E-state index contributed by atoms with van der Waals surface area (Å²) in [6.07, 6.45) is 2.10. The number of aliphatic hydroxyl groups is 1. The number of nitriles is 1. The first-order valence-corrected chi connectivity index (χ1v) is 13.2. The Balaban J connectivity index is 1.56. The summed E-state index contributed by atoms with van der Waals surface area (Å²) in [5, 5.41) is 22.2. The second-order valence-electron chi connectivity index (χ2n) is 9.59. The van der Waals surface area contributed by atoms with Gasteiger partial charge in [-0.2, -0.15) is 5.26 Å². The molecule has 2 fully saturated rings. The maximum absolute atomic E-state index is 15.5. The zero-order valence-electron chi connectivity index (χ0n) is 20.5. The molecule has 6 nitrogen and oxygen atoms in total. The molecule has 1 aromatic heterocycles. The minimum atomic E-state index is -0.665. The van der Waals surface area contributed by atoms with Crippen molar-refractivity contribution in [3.05, 3.63) is 64.5 Å². The van der Waals surface area contributed by atoms with E-state index in [4.69, 9.17) is 5.26 Å². The van der Waals surface area contributed by atoms with Crippen LogP contribution in [0.5, 0.6) is 0 Å². The molecule has 0 saturated carbocycles. The van der Waals surface area contributed by atoms with Crippen LogP contribution in [0.4, 0.5) is 14.5 Å². The molecule has 1 amide bonds. The van der Waals surface area contributed by atoms with Gasteiger partial charge in [-0.05, 0) is 68.3 Å². The van der Waals surface area contributed by atoms with E-state index >= 15 is 4.39 Å². The van der Waals surface area contributed by atoms with Crippen LogP contribution in [0.2, 0.25) is 0 Å². The lowest BCUT2D eigenvalue weighted by molar-refractivity contribution is 0.0703. The number of nitrogens with one attached hydrogen (secondary N) is 1. The largest absolute Gasteiger partial charge is 0.391 e. The van der Waals surface area contributed by atoms with E-state index < -0.39 is 17.7 Å². The van der Waals surface area contributed by atoms with Crippen molar-refractivity contribution >= 4 is 22.9 Å². The van der Waals surface area contributed by atoms with Gasteiger partial charge in [0.15, 0.2) is 0 Å². The van der Waals surface area contributed by atoms with Crippen LogP contribution in [0, 0.1) is 23.0 Å². The number of carbonyl (C=O) groups excluding carboxylic acids is 1. The number of anilines is 1. The molecule has 2 saturated heterocycles. The van der Waals surface area contributed by atoms with Gasteiger partial charge in [0.05, 0.1) is 16.5 Å². The predicted octanol–water partition coefficient (Wildman–Crippen LogP) is 4.63. The van der Waals surface area contributed by atoms with Crippen molar-refractivity contribution in [3.63, 3.8) is 0 Å². The number of carbonyl (C=O) groups is 1. The molecular weight excluding hydrogens is 494 g/mol. The molecule has 37 heavy (non-hydrogen) atoms. The third-order valence-electron chi connectivity index (χ3n) is 7.19. The Labute approximate surface area is 218 Å². The van der Waals surface area contributed by atoms with E-state index in [0.717, 1.165) is 12.8 Å². The highest BCUT2D eigenvalue weighted by Crippen LogP contribution is 2.42. The van der Waals surface area contributed by atoms with Gasteiger partial charge in [-0.15, -0.1) is 11.3 Å². The fourth-order valence-electron chi connectivity index (χ4n) is 5.10. The van der Waals surface area contributed by atoms with Gasteiger partial charge in [-0.1, -0.05) is 6.07 Å². The fraction of sp³-hybridized carbons (Fsp3) is 0.357. The number of benzene rings is 2. The third kappa shape index (κ3) is 5.10. The molecule has 5 rings (SSSR count). The Morgan fingerprint density at radius 2 is 1.92 bits per heavy atom. The van der Waals surface area contributed by atoms with Crippen molar-refractivity contribution in [1.82, 2.24) is 10.2 Å². The second kappa shape index (κ2) is 10.6. The molecule has 0 aliphatic carbocycles. The maximum Gasteiger partial charge on any atom is 0.264 e. The molecule has 2 aliphatic heterocycles. The molecule has 3 aromatic rings. The first-order valence-electron chi connectivity index (χ1n) is 12.4. The van der Waals surface area contributed by atoms with Crippen LogP contribution in [-0.4, -0.2) is 61.3 Å². The Morgan fingerprint density at radius 3 is 2.59 bits per heavy atom. The molecule has 9 heteroatoms. The number of hydrogen-bond acceptors (Lipinski definition) is 6. The van der Waals surface area contributed by atoms with Gasteiger partial charge in [-0.25, -0.2) is 8.78 Å². The zero-order chi connectivity index (χ0) is 26.1. The van der Waals surface area contributed by atoms with Crippen LogP contribution >= 0.6 is 11.3 Å². The summed E-state index contributed by atoms with van der Waals surface area (Å²) in [4.78, 5) is 18.2. The molecule has 192 valence electrons. The minimum absolute atomic E-state index is 0.0772. The van der Waals surface area contributed by atoms with Crippen molar-refractivity contribution in [2.24, 2.45) is 0 Å². The molecule has 0 radical (unpaired) electrons. The summed E-state index contributed by atoms with van der Waals surface area (Å²) in [5.74, 6) is -1.25. The summed E-state index contributed by atoms with van der Waals surface area (Å²) >= 11 is 1.19. The summed E-state index contributed by atoms with van der Waals surface area (Å²) in [7, 11) is 1.88. The third-order valence-corrected chi connectivity index (χ3v) is 8.34. The van der Waals surface area contributed by atoms with Gasteiger partial charge in [-0.3, -0.25) is 4.79 Å². The topological polar surface area (TPSA) is 79.6 Å². The highest BCUT2D eigenvalue weighted by Gasteiger charge is 2.28. The number of likely N-dealkylation sites (tertiary alicyclic amines) is 1. The molecule has 2 atom stereocenters. The number of piperidine rings is 1. The van der Waals surface area contributed by atoms with Gasteiger partial charge < -0.3 is 20.2 Å². The number of β-amino-alcohol motifs (C(OH)–C–C–N with tert-alkyl or cyclic N) is 1. The van der Waals surface area contributed by atoms with E-state index in [1.54, 1.807) is 18.2 Å². The fourth-order valence-corrected chi connectivity index (χ4v) is 6.27. The number of aliphatic hydroxyl groups excluding tert-OH is 1. The predicted molar refractivity (Wildman–Crippen MR) is 141 cm³/mol. The van der Waals surface area contributed by atoms with Crippen molar-refractivity contribution < 1.29 is 18.7 Å². The lowest BCUT2D eigenvalue weighted by atomic mass is 10.00. The lowest BCUT2D eigenvalue weighted by Crippen LogP contribution is -2.46. The number of rotatable bonds is 5. The Bertz CT molecular complexity index is 1370. The average Bonchev–Trinajstić information content (AvgIpc) is 3.55. The first-order chi connectivity index (χ1) is 17.9. The Morgan fingerprint density at radius 1 is 1.08 bits per heavy atom. The van der Waals surface area contributed by atoms with Crippen LogP contribution in [0.1, 0.15) is 34.5 Å². The van der Waals surface area contributed by atoms with Gasteiger partial charge >= 0.3 is 0 Å². The monoisotopic (exact) mass is 522 g/mol. The molecule has 0 spiro atoms. The van der Waals surface area contributed by atoms with Crippen LogP contribution in [0.3, 0.4) is 0 Å². The molecule has 2 N–H and O–H groups in total. The summed E-state index contributed by atoms with van der Waals surface area (Å²) in [6, 6.07) is 13.0. The number of likely N-dealkylation sites (N-methyl/N-ethyl adjacent to an activating group) is 1. The smallest absolute Gasteiger partial charge is 0.264 e. The summed E-state index contributed by atoms with van der Waals surface area (Å²) in [6.45, 7) is 2.34. The van der Waals surface area contributed by atoms with Crippen LogP contribution in [0.15, 0.2) is 42.5 Å². The average molecular weight is 523 g/mol. The van der Waals surface area contributed by atoms with E-state index in [0.29, 0.717) is 64.7 Å². The van der Waals surface area contributed by atoms with Crippen LogP contribution < -0.4 is 10.2 Å². The standard InChI is InChI=1S/C28H28F2N4O2S/c1-32-19-3-2-9-34(15-19)28(36)26-13-23(17-4-5-18(14-31)24(29)11-17)27(37-26)22-7-6-20(12-25(22)30)33-10-8-21(35)16-33/h4-7,11-13,19,21,32,35H,2-3,8-10,15-16H2,1H3/t19-,21+/m1/s1. The Hall–Kier alpha value is -3.32. The molecule has 3 heterocycles. The summed E-state index contributed by atoms with van der Waals surface area (Å²) in [5.41, 5.74) is 1.94. The van der Waals surface area contributed by atoms with Gasteiger partial charge in [0.2, 0.25) is 0 Å². The van der Waals surface area contributed by atoms with Crippen molar-refractivity contribution in [3.8, 4) is 27.6 Å². The van der Waals surface area contributed by atoms with E-state index in [-0.39, 0.29) is 17.5 Å². The SMILES string of the molecule is CN[C@@H]1CCCN(C(=O)c2cc(-c3ccc(C#N)c(F)c3)c(-c3ccc(N4CC[C@H](O)C4)cc3F)s2)C1. The number of thiophene rings is 1. The second-order valence-corrected chi connectivity index (χ2v) is 10.6. The molecule has 0 bridgehead atoms. The number of halogens is 2. The molecule has 2 aromatic carbocycles. The van der Waals surface area contributed by atoms with Crippen LogP contribution in [0.25, 0.3) is 21.6 Å². The van der Waals surface area contributed by atoms with E-state index in [2.05, 4.69) is 5.32 Å². The summed E-state index contributed by atoms with van der Waals surface area (Å²) < 4.78 is 30.1. The molecule has 2 aliphatic rings. The van der Waals surface area contributed by atoms with Gasteiger partial charge in [0.25, 0.3) is 5.91 Å². The van der Waals surface area contributed by atoms with Crippen molar-refractivity contribution in [2.75, 3.05) is 38.1 Å². The Kier molecular flexibility index (Phi) is 7.24. The van der Waals surface area contributed by atoms with Crippen molar-refractivity contribution in [2.45, 2.75) is 31.4 Å². The molecule has 0 unspecified atom stereocenters. The highest BCUT2D eigenvalue weighted by atomic mass is 32.1. The first kappa shape index (κ1) is 25.3. The quantitative estimate of drug-likeness (QED) is 0.511. The lowest BCUT2D eigenvalue weighted by Gasteiger charge is -2.32. The highest BCUT2D eigenvalue weighted by molar-refractivity contribution is 7.18. The van der Waals surface area contributed by atoms with Crippen LogP contribution in [-0.2, 0) is 0 Å². The minimum Gasteiger partial charge on any atom is -0.391 e. The number of hydrogen-bond donors (Lipinski definition) is 2. The van der Waals surface area contributed by atoms with E-state index in [1.165, 1.54) is 29.5 Å². The van der Waals surface area contributed by atoms with E-state index in [9.17, 15) is 14.3 Å². The normalized spacial score (nSPS) is 19.8. The van der Waals surface area contributed by atoms with Gasteiger partial charge in [0, 0.05) is 53.9 Å². The zero-order valence-corrected chi connectivity index (χ0v) is 21.3. The van der Waals surface area contributed by atoms with Crippen molar-refractivity contribution in [1.29, 1.82) is 5.26 Å². The maximum atomic E-state index is 15.5. The van der Waals surface area contributed by atoms with E-state index in [1.807, 2.05) is 29.0 Å². The van der Waals surface area contributed by atoms with Gasteiger partial charge in [0.1, 0.15) is 17.7 Å². The number of nitrogens with zero attached hydrogens (tertiary/aromatic N) is 3.